The van der Waals surface area contributed by atoms with E-state index in [1.54, 1.807) is 13.0 Å². The highest BCUT2D eigenvalue weighted by molar-refractivity contribution is 5.95. The van der Waals surface area contributed by atoms with Gasteiger partial charge in [0.05, 0.1) is 23.8 Å². The fourth-order valence-corrected chi connectivity index (χ4v) is 3.70. The van der Waals surface area contributed by atoms with Gasteiger partial charge in [0.25, 0.3) is 5.91 Å². The molecule has 0 spiro atoms. The summed E-state index contributed by atoms with van der Waals surface area (Å²) in [5, 5.41) is 6.11. The van der Waals surface area contributed by atoms with Gasteiger partial charge in [-0.25, -0.2) is 9.37 Å². The number of amides is 2. The van der Waals surface area contributed by atoms with Crippen molar-refractivity contribution < 1.29 is 36.6 Å². The number of fused-ring (bicyclic) bond motifs is 1. The molecule has 2 aliphatic carbocycles. The fraction of sp³-hybridized carbons (Fsp3) is 0.409. The number of benzene rings is 1. The Morgan fingerprint density at radius 3 is 2.61 bits per heavy atom. The molecule has 33 heavy (non-hydrogen) atoms. The van der Waals surface area contributed by atoms with Crippen molar-refractivity contribution in [3.63, 3.8) is 0 Å². The molecule has 1 unspecified atom stereocenters. The normalized spacial score (nSPS) is 22.5. The van der Waals surface area contributed by atoms with Crippen LogP contribution >= 0.6 is 0 Å². The lowest BCUT2D eigenvalue weighted by atomic mass is 9.89. The number of nitrogens with one attached hydrogen (secondary N) is 2. The van der Waals surface area contributed by atoms with Gasteiger partial charge in [-0.05, 0) is 36.8 Å². The van der Waals surface area contributed by atoms with Gasteiger partial charge in [0.15, 0.2) is 0 Å². The monoisotopic (exact) mass is 467 g/mol. The average Bonchev–Trinajstić information content (AvgIpc) is 2.72. The van der Waals surface area contributed by atoms with Gasteiger partial charge in [-0.1, -0.05) is 6.07 Å². The van der Waals surface area contributed by atoms with Crippen molar-refractivity contribution in [1.29, 1.82) is 0 Å². The first-order valence-electron chi connectivity index (χ1n) is 10.3. The highest BCUT2D eigenvalue weighted by atomic mass is 19.4. The molecule has 1 aromatic carbocycles. The first kappa shape index (κ1) is 23.1. The zero-order chi connectivity index (χ0) is 23.8. The third-order valence-electron chi connectivity index (χ3n) is 5.69. The molecule has 0 radical (unpaired) electrons. The summed E-state index contributed by atoms with van der Waals surface area (Å²) in [4.78, 5) is 28.8. The van der Waals surface area contributed by atoms with Gasteiger partial charge >= 0.3 is 6.36 Å². The Morgan fingerprint density at radius 1 is 1.15 bits per heavy atom. The maximum Gasteiger partial charge on any atom is 0.522 e. The minimum absolute atomic E-state index is 0.0837. The number of carbonyl (C=O) groups is 2. The van der Waals surface area contributed by atoms with Crippen LogP contribution in [0, 0.1) is 5.82 Å². The lowest BCUT2D eigenvalue weighted by molar-refractivity contribution is -0.357. The Kier molecular flexibility index (Phi) is 6.35. The summed E-state index contributed by atoms with van der Waals surface area (Å²) in [6, 6.07) is 6.97. The number of hydrogen-bond acceptors (Lipinski definition) is 5. The molecule has 11 heteroatoms. The molecule has 0 aliphatic heterocycles. The van der Waals surface area contributed by atoms with Crippen molar-refractivity contribution in [2.75, 3.05) is 6.61 Å². The van der Waals surface area contributed by atoms with Gasteiger partial charge in [0.1, 0.15) is 18.1 Å². The van der Waals surface area contributed by atoms with E-state index in [1.807, 2.05) is 0 Å². The van der Waals surface area contributed by atoms with E-state index in [1.165, 1.54) is 24.3 Å². The van der Waals surface area contributed by atoms with E-state index in [-0.39, 0.29) is 42.9 Å². The number of pyridine rings is 1. The molecule has 7 nitrogen and oxygen atoms in total. The molecule has 1 atom stereocenters. The van der Waals surface area contributed by atoms with Gasteiger partial charge in [-0.15, -0.1) is 13.2 Å². The quantitative estimate of drug-likeness (QED) is 0.610. The van der Waals surface area contributed by atoms with Crippen molar-refractivity contribution in [1.82, 2.24) is 15.6 Å². The van der Waals surface area contributed by atoms with E-state index in [0.717, 1.165) is 5.57 Å². The molecular weight excluding hydrogens is 446 g/mol. The average molecular weight is 467 g/mol. The van der Waals surface area contributed by atoms with Crippen LogP contribution in [-0.2, 0) is 14.3 Å². The van der Waals surface area contributed by atoms with Gasteiger partial charge in [0, 0.05) is 30.3 Å². The Bertz CT molecular complexity index is 1110. The third-order valence-corrected chi connectivity index (χ3v) is 5.69. The number of alkyl halides is 3. The minimum atomic E-state index is -4.67. The maximum absolute atomic E-state index is 13.3. The maximum atomic E-state index is 13.3. The van der Waals surface area contributed by atoms with Crippen molar-refractivity contribution in [3.8, 4) is 0 Å². The molecule has 1 heterocycles. The number of rotatable bonds is 7. The summed E-state index contributed by atoms with van der Waals surface area (Å²) in [7, 11) is 0. The number of ether oxygens (including phenoxy) is 2. The van der Waals surface area contributed by atoms with Crippen molar-refractivity contribution >= 4 is 22.7 Å². The standard InChI is InChI=1S/C22H21F4N3O4/c1-11-18(28-20(30)10-32-14-7-15(8-14)33-22(24,25)26)9-19(11)29-21(31)17-4-2-12-6-13(23)3-5-16(12)27-17/h2-6,14-15,19H,7-10H2,1H3,(H,28,30)(H,29,31). The summed E-state index contributed by atoms with van der Waals surface area (Å²) < 4.78 is 58.8. The number of carbonyl (C=O) groups excluding carboxylic acids is 2. The zero-order valence-electron chi connectivity index (χ0n) is 17.5. The van der Waals surface area contributed by atoms with Crippen LogP contribution in [0.2, 0.25) is 0 Å². The van der Waals surface area contributed by atoms with Crippen LogP contribution in [0.25, 0.3) is 10.9 Å². The van der Waals surface area contributed by atoms with Crippen LogP contribution in [0.1, 0.15) is 36.7 Å². The summed E-state index contributed by atoms with van der Waals surface area (Å²) >= 11 is 0. The molecule has 1 aromatic heterocycles. The molecule has 1 fully saturated rings. The number of halogens is 4. The minimum Gasteiger partial charge on any atom is -0.368 e. The Labute approximate surface area is 186 Å². The second-order valence-electron chi connectivity index (χ2n) is 8.06. The van der Waals surface area contributed by atoms with E-state index in [0.29, 0.717) is 23.0 Å². The predicted molar refractivity (Wildman–Crippen MR) is 108 cm³/mol. The largest absolute Gasteiger partial charge is 0.522 e. The Balaban J connectivity index is 1.22. The lowest BCUT2D eigenvalue weighted by Crippen LogP contribution is -2.46. The van der Waals surface area contributed by atoms with E-state index >= 15 is 0 Å². The third kappa shape index (κ3) is 5.66. The van der Waals surface area contributed by atoms with Crippen molar-refractivity contribution in [2.45, 2.75) is 50.8 Å². The first-order valence-corrected chi connectivity index (χ1v) is 10.3. The fourth-order valence-electron chi connectivity index (χ4n) is 3.70. The highest BCUT2D eigenvalue weighted by Crippen LogP contribution is 2.32. The topological polar surface area (TPSA) is 89.5 Å². The lowest BCUT2D eigenvalue weighted by Gasteiger charge is -2.35. The number of hydrogen-bond donors (Lipinski definition) is 2. The van der Waals surface area contributed by atoms with Crippen LogP contribution in [0.5, 0.6) is 0 Å². The van der Waals surface area contributed by atoms with E-state index in [2.05, 4.69) is 20.4 Å². The van der Waals surface area contributed by atoms with Gasteiger partial charge in [0.2, 0.25) is 5.91 Å². The Hall–Kier alpha value is -3.05. The molecule has 0 saturated heterocycles. The summed E-state index contributed by atoms with van der Waals surface area (Å²) in [6.45, 7) is 1.49. The summed E-state index contributed by atoms with van der Waals surface area (Å²) in [5.74, 6) is -1.19. The van der Waals surface area contributed by atoms with E-state index < -0.39 is 24.5 Å². The smallest absolute Gasteiger partial charge is 0.368 e. The van der Waals surface area contributed by atoms with Crippen LogP contribution < -0.4 is 10.6 Å². The van der Waals surface area contributed by atoms with Gasteiger partial charge in [-0.3, -0.25) is 14.3 Å². The second kappa shape index (κ2) is 9.06. The van der Waals surface area contributed by atoms with Crippen LogP contribution in [0.15, 0.2) is 41.6 Å². The molecule has 4 rings (SSSR count). The van der Waals surface area contributed by atoms with Crippen molar-refractivity contribution in [3.05, 3.63) is 53.1 Å². The molecule has 0 bridgehead atoms. The second-order valence-corrected chi connectivity index (χ2v) is 8.06. The Morgan fingerprint density at radius 2 is 1.91 bits per heavy atom. The molecule has 2 N–H and O–H groups in total. The zero-order valence-corrected chi connectivity index (χ0v) is 17.5. The summed E-state index contributed by atoms with van der Waals surface area (Å²) in [5.41, 5.74) is 2.13. The van der Waals surface area contributed by atoms with Gasteiger partial charge in [-0.2, -0.15) is 0 Å². The predicted octanol–water partition coefficient (Wildman–Crippen LogP) is 3.35. The number of aromatic nitrogens is 1. The van der Waals surface area contributed by atoms with Gasteiger partial charge < -0.3 is 15.4 Å². The van der Waals surface area contributed by atoms with E-state index in [9.17, 15) is 27.2 Å². The molecule has 2 aliphatic rings. The molecule has 1 saturated carbocycles. The first-order chi connectivity index (χ1) is 15.6. The molecule has 2 aromatic rings. The molecule has 176 valence electrons. The van der Waals surface area contributed by atoms with Crippen LogP contribution in [0.4, 0.5) is 17.6 Å². The highest BCUT2D eigenvalue weighted by Gasteiger charge is 2.40. The molecule has 2 amide bonds. The summed E-state index contributed by atoms with van der Waals surface area (Å²) in [6.07, 6.45) is -5.47. The number of nitrogens with zero attached hydrogens (tertiary/aromatic N) is 1. The SMILES string of the molecule is CC1=C(NC(=O)COC2CC(OC(F)(F)F)C2)CC1NC(=O)c1ccc2cc(F)ccc2n1. The molecular formula is C22H21F4N3O4. The van der Waals surface area contributed by atoms with Crippen molar-refractivity contribution in [2.24, 2.45) is 0 Å². The van der Waals surface area contributed by atoms with Crippen LogP contribution in [-0.4, -0.2) is 48.0 Å². The van der Waals surface area contributed by atoms with E-state index in [4.69, 9.17) is 4.74 Å². The van der Waals surface area contributed by atoms with Crippen LogP contribution in [0.3, 0.4) is 0 Å².